The summed E-state index contributed by atoms with van der Waals surface area (Å²) < 4.78 is 10.1. The van der Waals surface area contributed by atoms with Gasteiger partial charge in [-0.3, -0.25) is 9.48 Å². The van der Waals surface area contributed by atoms with Crippen LogP contribution in [0.15, 0.2) is 35.3 Å². The van der Waals surface area contributed by atoms with Crippen molar-refractivity contribution in [2.45, 2.75) is 25.2 Å². The van der Waals surface area contributed by atoms with Gasteiger partial charge in [-0.05, 0) is 23.9 Å². The number of imidazole rings is 1. The molecule has 3 aromatic heterocycles. The molecular formula is C18H19N5O2S. The third-order valence-electron chi connectivity index (χ3n) is 5.25. The van der Waals surface area contributed by atoms with E-state index in [1.807, 2.05) is 18.1 Å². The Bertz CT molecular complexity index is 960. The van der Waals surface area contributed by atoms with Gasteiger partial charge >= 0.3 is 0 Å². The van der Waals surface area contributed by atoms with Crippen LogP contribution in [0.25, 0.3) is 11.3 Å². The largest absolute Gasteiger partial charge is 0.363 e. The summed E-state index contributed by atoms with van der Waals surface area (Å²) in [6.07, 6.45) is 4.54. The van der Waals surface area contributed by atoms with Crippen LogP contribution in [0.1, 0.15) is 22.7 Å². The molecule has 1 amide bonds. The van der Waals surface area contributed by atoms with E-state index in [1.54, 1.807) is 28.3 Å². The Hall–Kier alpha value is -2.45. The molecule has 1 fully saturated rings. The van der Waals surface area contributed by atoms with Crippen molar-refractivity contribution in [1.29, 1.82) is 0 Å². The fourth-order valence-corrected chi connectivity index (χ4v) is 4.50. The number of thiophene rings is 1. The van der Waals surface area contributed by atoms with Crippen LogP contribution in [0.2, 0.25) is 0 Å². The van der Waals surface area contributed by atoms with Gasteiger partial charge in [0.05, 0.1) is 25.0 Å². The second-order valence-electron chi connectivity index (χ2n) is 6.98. The van der Waals surface area contributed by atoms with Crippen LogP contribution in [0, 0.1) is 0 Å². The van der Waals surface area contributed by atoms with E-state index in [9.17, 15) is 4.79 Å². The van der Waals surface area contributed by atoms with Gasteiger partial charge in [-0.2, -0.15) is 16.4 Å². The number of carbonyl (C=O) groups is 1. The lowest BCUT2D eigenvalue weighted by Crippen LogP contribution is -2.45. The van der Waals surface area contributed by atoms with Crippen LogP contribution in [0.3, 0.4) is 0 Å². The number of ether oxygens (including phenoxy) is 1. The van der Waals surface area contributed by atoms with E-state index in [2.05, 4.69) is 31.5 Å². The number of rotatable bonds is 2. The first kappa shape index (κ1) is 15.8. The lowest BCUT2D eigenvalue weighted by molar-refractivity contribution is -0.0804. The maximum atomic E-state index is 12.7. The van der Waals surface area contributed by atoms with Crippen LogP contribution in [-0.2, 0) is 24.9 Å². The maximum absolute atomic E-state index is 12.7. The highest BCUT2D eigenvalue weighted by Crippen LogP contribution is 2.35. The number of fused-ring (bicyclic) bond motifs is 1. The third kappa shape index (κ3) is 2.48. The minimum Gasteiger partial charge on any atom is -0.363 e. The van der Waals surface area contributed by atoms with Crippen molar-refractivity contribution < 1.29 is 9.53 Å². The Kier molecular flexibility index (Phi) is 3.51. The molecule has 2 aliphatic heterocycles. The Morgan fingerprint density at radius 3 is 3.04 bits per heavy atom. The van der Waals surface area contributed by atoms with Gasteiger partial charge in [-0.15, -0.1) is 0 Å². The maximum Gasteiger partial charge on any atom is 0.274 e. The molecule has 0 aromatic carbocycles. The summed E-state index contributed by atoms with van der Waals surface area (Å²) in [6.45, 7) is 2.48. The summed E-state index contributed by atoms with van der Waals surface area (Å²) >= 11 is 1.68. The van der Waals surface area contributed by atoms with E-state index >= 15 is 0 Å². The van der Waals surface area contributed by atoms with Gasteiger partial charge in [-0.1, -0.05) is 0 Å². The number of nitrogens with zero attached hydrogens (tertiary/aromatic N) is 5. The van der Waals surface area contributed by atoms with E-state index in [4.69, 9.17) is 4.74 Å². The zero-order valence-corrected chi connectivity index (χ0v) is 15.3. The molecule has 134 valence electrons. The average Bonchev–Trinajstić information content (AvgIpc) is 3.41. The summed E-state index contributed by atoms with van der Waals surface area (Å²) in [5, 5.41) is 8.45. The molecule has 3 aromatic rings. The molecule has 2 aliphatic rings. The predicted octanol–water partition coefficient (Wildman–Crippen LogP) is 2.16. The average molecular weight is 369 g/mol. The van der Waals surface area contributed by atoms with Gasteiger partial charge in [-0.25, -0.2) is 4.98 Å². The second kappa shape index (κ2) is 5.78. The van der Waals surface area contributed by atoms with Gasteiger partial charge in [0.1, 0.15) is 23.7 Å². The molecule has 0 aliphatic carbocycles. The topological polar surface area (TPSA) is 65.2 Å². The Balaban J connectivity index is 1.39. The lowest BCUT2D eigenvalue weighted by atomic mass is 10.0. The minimum absolute atomic E-state index is 0.0273. The van der Waals surface area contributed by atoms with Gasteiger partial charge in [0, 0.05) is 30.7 Å². The highest BCUT2D eigenvalue weighted by Gasteiger charge is 2.45. The first-order valence-electron chi connectivity index (χ1n) is 8.63. The fraction of sp³-hybridized carbons (Fsp3) is 0.389. The first-order chi connectivity index (χ1) is 12.6. The molecule has 26 heavy (non-hydrogen) atoms. The number of likely N-dealkylation sites (tertiary alicyclic amines) is 1. The number of hydrogen-bond acceptors (Lipinski definition) is 5. The molecule has 8 heteroatoms. The molecule has 0 unspecified atom stereocenters. The predicted molar refractivity (Wildman–Crippen MR) is 96.8 cm³/mol. The third-order valence-corrected chi connectivity index (χ3v) is 5.93. The number of hydrogen-bond donors (Lipinski definition) is 0. The number of amides is 1. The Morgan fingerprint density at radius 1 is 1.35 bits per heavy atom. The van der Waals surface area contributed by atoms with Crippen molar-refractivity contribution in [3.8, 4) is 11.3 Å². The summed E-state index contributed by atoms with van der Waals surface area (Å²) in [5.41, 5.74) is 2.45. The van der Waals surface area contributed by atoms with E-state index in [-0.39, 0.29) is 11.5 Å². The molecule has 1 spiro atoms. The molecule has 0 radical (unpaired) electrons. The quantitative estimate of drug-likeness (QED) is 0.694. The standard InChI is InChI=1S/C18H19N5O2S/c1-21-5-2-14(20-21)17(24)22-6-4-18(11-22)12-23-15(13-3-7-26-10-13)8-19-16(23)9-25-18/h2-3,5,7-8,10H,4,6,9,11-12H2,1H3/t18-/m1/s1. The molecule has 0 saturated carbocycles. The van der Waals surface area contributed by atoms with Crippen LogP contribution < -0.4 is 0 Å². The van der Waals surface area contributed by atoms with Crippen molar-refractivity contribution in [2.75, 3.05) is 13.1 Å². The van der Waals surface area contributed by atoms with Crippen LogP contribution >= 0.6 is 11.3 Å². The second-order valence-corrected chi connectivity index (χ2v) is 7.76. The summed E-state index contributed by atoms with van der Waals surface area (Å²) in [4.78, 5) is 19.1. The van der Waals surface area contributed by atoms with Crippen LogP contribution in [-0.4, -0.2) is 48.8 Å². The van der Waals surface area contributed by atoms with E-state index in [1.165, 1.54) is 5.56 Å². The molecular weight excluding hydrogens is 350 g/mol. The van der Waals surface area contributed by atoms with Crippen molar-refractivity contribution in [3.05, 3.63) is 46.8 Å². The SMILES string of the molecule is Cn1ccc(C(=O)N2CC[C@@]3(C2)Cn2c(-c4ccsc4)cnc2CO3)n1. The Morgan fingerprint density at radius 2 is 2.27 bits per heavy atom. The van der Waals surface area contributed by atoms with Crippen molar-refractivity contribution in [1.82, 2.24) is 24.2 Å². The number of aromatic nitrogens is 4. The molecule has 5 rings (SSSR count). The first-order valence-corrected chi connectivity index (χ1v) is 9.58. The van der Waals surface area contributed by atoms with E-state index < -0.39 is 0 Å². The summed E-state index contributed by atoms with van der Waals surface area (Å²) in [6, 6.07) is 3.88. The molecule has 0 bridgehead atoms. The summed E-state index contributed by atoms with van der Waals surface area (Å²) in [7, 11) is 1.82. The van der Waals surface area contributed by atoms with E-state index in [0.717, 1.165) is 24.5 Å². The molecule has 1 saturated heterocycles. The highest BCUT2D eigenvalue weighted by molar-refractivity contribution is 7.08. The minimum atomic E-state index is -0.344. The van der Waals surface area contributed by atoms with Crippen LogP contribution in [0.5, 0.6) is 0 Å². The zero-order valence-electron chi connectivity index (χ0n) is 14.5. The van der Waals surface area contributed by atoms with Crippen molar-refractivity contribution in [2.24, 2.45) is 7.05 Å². The van der Waals surface area contributed by atoms with Crippen molar-refractivity contribution in [3.63, 3.8) is 0 Å². The normalized spacial score (nSPS) is 22.1. The monoisotopic (exact) mass is 369 g/mol. The smallest absolute Gasteiger partial charge is 0.274 e. The highest BCUT2D eigenvalue weighted by atomic mass is 32.1. The van der Waals surface area contributed by atoms with Gasteiger partial charge in [0.2, 0.25) is 0 Å². The number of aryl methyl sites for hydroxylation is 1. The van der Waals surface area contributed by atoms with E-state index in [0.29, 0.717) is 25.4 Å². The molecule has 7 nitrogen and oxygen atoms in total. The molecule has 0 N–H and O–H groups in total. The number of carbonyl (C=O) groups excluding carboxylic acids is 1. The fourth-order valence-electron chi connectivity index (χ4n) is 3.85. The zero-order chi connectivity index (χ0) is 17.7. The molecule has 5 heterocycles. The van der Waals surface area contributed by atoms with Gasteiger partial charge in [0.15, 0.2) is 0 Å². The lowest BCUT2D eigenvalue weighted by Gasteiger charge is -2.35. The van der Waals surface area contributed by atoms with Gasteiger partial charge in [0.25, 0.3) is 5.91 Å². The van der Waals surface area contributed by atoms with Crippen LogP contribution in [0.4, 0.5) is 0 Å². The van der Waals surface area contributed by atoms with Crippen molar-refractivity contribution >= 4 is 17.2 Å². The Labute approximate surface area is 154 Å². The molecule has 1 atom stereocenters. The summed E-state index contributed by atoms with van der Waals surface area (Å²) in [5.74, 6) is 0.923. The van der Waals surface area contributed by atoms with Gasteiger partial charge < -0.3 is 14.2 Å².